The summed E-state index contributed by atoms with van der Waals surface area (Å²) < 4.78 is 62.8. The van der Waals surface area contributed by atoms with Crippen LogP contribution in [0.3, 0.4) is 0 Å². The molecule has 55 heavy (non-hydrogen) atoms. The largest absolute Gasteiger partial charge is 0.456 e. The number of nitrogens with one attached hydrogen (secondary N) is 3. The summed E-state index contributed by atoms with van der Waals surface area (Å²) in [6, 6.07) is -2.75. The third kappa shape index (κ3) is 19.9. The van der Waals surface area contributed by atoms with Gasteiger partial charge in [0.15, 0.2) is 24.5 Å². The lowest BCUT2D eigenvalue weighted by Crippen LogP contribution is -2.67. The molecule has 0 saturated carbocycles. The highest BCUT2D eigenvalue weighted by Gasteiger charge is 2.51. The molecule has 21 nitrogen and oxygen atoms in total. The molecule has 0 aromatic rings. The van der Waals surface area contributed by atoms with Crippen molar-refractivity contribution in [1.82, 2.24) is 16.0 Å². The molecule has 0 aliphatic carbocycles. The zero-order chi connectivity index (χ0) is 41.7. The van der Waals surface area contributed by atoms with Crippen LogP contribution in [0.5, 0.6) is 0 Å². The third-order valence-corrected chi connectivity index (χ3v) is 7.56. The summed E-state index contributed by atoms with van der Waals surface area (Å²) in [4.78, 5) is 63.3. The summed E-state index contributed by atoms with van der Waals surface area (Å²) in [5.74, 6) is -2.72. The predicted molar refractivity (Wildman–Crippen MR) is 194 cm³/mol. The molecule has 1 saturated heterocycles. The Bertz CT molecular complexity index is 1240. The SMILES string of the molecule is COCCOCO[C@H](C(N)=S)C(NC(=O)[C@@H](NC(=O)OC)[C@@H](C)OCOCCOC)O[C@@H]1O[C@@H](C)[C@@H](NC(=O)OCC(Cl)(Cl)Cl)[C@@H](OC(C)=O)[C@H]1OC(C)=O. The summed E-state index contributed by atoms with van der Waals surface area (Å²) in [6.07, 6.45) is -12.4. The number of ether oxygens (including phenoxy) is 12. The van der Waals surface area contributed by atoms with E-state index in [4.69, 9.17) is 105 Å². The van der Waals surface area contributed by atoms with Gasteiger partial charge >= 0.3 is 24.1 Å². The highest BCUT2D eigenvalue weighted by molar-refractivity contribution is 7.80. The lowest BCUT2D eigenvalue weighted by Gasteiger charge is -2.45. The Labute approximate surface area is 338 Å². The first kappa shape index (κ1) is 50.4. The van der Waals surface area contributed by atoms with E-state index < -0.39 is 102 Å². The van der Waals surface area contributed by atoms with Crippen molar-refractivity contribution in [2.75, 3.05) is 67.9 Å². The van der Waals surface area contributed by atoms with Crippen LogP contribution in [-0.2, 0) is 71.2 Å². The Morgan fingerprint density at radius 3 is 1.93 bits per heavy atom. The van der Waals surface area contributed by atoms with Gasteiger partial charge in [0.25, 0.3) is 0 Å². The number of hydrogen-bond donors (Lipinski definition) is 4. The summed E-state index contributed by atoms with van der Waals surface area (Å²) in [6.45, 7) is 4.33. The number of esters is 2. The first-order valence-electron chi connectivity index (χ1n) is 16.3. The second-order valence-electron chi connectivity index (χ2n) is 11.3. The number of carbonyl (C=O) groups is 5. The van der Waals surface area contributed by atoms with Crippen molar-refractivity contribution in [1.29, 1.82) is 0 Å². The maximum Gasteiger partial charge on any atom is 0.407 e. The molecular weight excluding hydrogens is 827 g/mol. The molecule has 25 heteroatoms. The van der Waals surface area contributed by atoms with Gasteiger partial charge in [-0.25, -0.2) is 9.59 Å². The topological polar surface area (TPSA) is 258 Å². The average molecular weight is 876 g/mol. The van der Waals surface area contributed by atoms with Crippen molar-refractivity contribution in [3.05, 3.63) is 0 Å². The van der Waals surface area contributed by atoms with Crippen molar-refractivity contribution in [3.8, 4) is 0 Å². The van der Waals surface area contributed by atoms with Gasteiger partial charge in [-0.2, -0.15) is 0 Å². The normalized spacial score (nSPS) is 21.9. The standard InChI is InChI=1S/C30H49Cl3N4O17S/c1-15(49-13-46-10-8-43-5)20(36-28(41)45-7)25(40)37-26(23(24(34)55)50-14-47-11-9-44-6)54-27-22(53-18(4)39)21(52-17(3)38)19(16(2)51-27)35-29(42)48-12-30(31,32)33/h15-16,19-23,26-27H,8-14H2,1-7H3,(H2,34,55)(H,35,42)(H,36,41)(H,37,40)/t15-,16+,19-,20+,21-,22-,23-,26?,27+/m1/s1. The van der Waals surface area contributed by atoms with Gasteiger partial charge in [-0.3, -0.25) is 14.4 Å². The smallest absolute Gasteiger partial charge is 0.407 e. The number of thiocarbonyl (C=S) groups is 1. The van der Waals surface area contributed by atoms with Gasteiger partial charge in [0.2, 0.25) is 16.0 Å². The molecule has 9 atom stereocenters. The van der Waals surface area contributed by atoms with Gasteiger partial charge in [0.1, 0.15) is 31.2 Å². The Morgan fingerprint density at radius 2 is 1.42 bits per heavy atom. The Morgan fingerprint density at radius 1 is 0.855 bits per heavy atom. The van der Waals surface area contributed by atoms with E-state index in [1.165, 1.54) is 28.1 Å². The summed E-state index contributed by atoms with van der Waals surface area (Å²) in [7, 11) is 4.01. The van der Waals surface area contributed by atoms with Gasteiger partial charge in [0, 0.05) is 28.1 Å². The Kier molecular flexibility index (Phi) is 24.1. The van der Waals surface area contributed by atoms with Crippen LogP contribution in [0, 0.1) is 0 Å². The van der Waals surface area contributed by atoms with Gasteiger partial charge in [-0.1, -0.05) is 47.0 Å². The number of alkyl carbamates (subject to hydrolysis) is 2. The molecule has 0 bridgehead atoms. The first-order valence-corrected chi connectivity index (χ1v) is 17.8. The zero-order valence-electron chi connectivity index (χ0n) is 31.2. The molecule has 0 aromatic heterocycles. The van der Waals surface area contributed by atoms with Crippen LogP contribution in [0.2, 0.25) is 0 Å². The highest BCUT2D eigenvalue weighted by atomic mass is 35.6. The van der Waals surface area contributed by atoms with Crippen LogP contribution >= 0.6 is 47.0 Å². The van der Waals surface area contributed by atoms with Crippen LogP contribution in [0.4, 0.5) is 9.59 Å². The third-order valence-electron chi connectivity index (χ3n) is 7.00. The van der Waals surface area contributed by atoms with Crippen LogP contribution in [0.15, 0.2) is 0 Å². The summed E-state index contributed by atoms with van der Waals surface area (Å²) >= 11 is 22.3. The number of alkyl halides is 3. The molecule has 1 fully saturated rings. The van der Waals surface area contributed by atoms with Crippen LogP contribution in [0.25, 0.3) is 0 Å². The number of amides is 3. The average Bonchev–Trinajstić information content (AvgIpc) is 3.09. The maximum absolute atomic E-state index is 13.9. The van der Waals surface area contributed by atoms with Crippen LogP contribution in [0.1, 0.15) is 27.7 Å². The van der Waals surface area contributed by atoms with E-state index >= 15 is 0 Å². The first-order chi connectivity index (χ1) is 25.8. The molecule has 5 N–H and O–H groups in total. The molecule has 3 amide bonds. The van der Waals surface area contributed by atoms with Crippen LogP contribution in [-0.4, -0.2) is 162 Å². The minimum Gasteiger partial charge on any atom is -0.456 e. The molecular formula is C30H49Cl3N4O17S. The fraction of sp³-hybridized carbons (Fsp3) is 0.800. The molecule has 0 spiro atoms. The van der Waals surface area contributed by atoms with Gasteiger partial charge in [-0.15, -0.1) is 0 Å². The molecule has 1 unspecified atom stereocenters. The van der Waals surface area contributed by atoms with E-state index in [-0.39, 0.29) is 38.2 Å². The number of carbonyl (C=O) groups excluding carboxylic acids is 5. The van der Waals surface area contributed by atoms with E-state index in [2.05, 4.69) is 20.7 Å². The lowest BCUT2D eigenvalue weighted by molar-refractivity contribution is -0.300. The lowest BCUT2D eigenvalue weighted by atomic mass is 9.96. The second kappa shape index (κ2) is 26.3. The fourth-order valence-electron chi connectivity index (χ4n) is 4.51. The molecule has 1 aliphatic heterocycles. The molecule has 0 radical (unpaired) electrons. The monoisotopic (exact) mass is 874 g/mol. The van der Waals surface area contributed by atoms with E-state index in [1.807, 2.05) is 0 Å². The molecule has 1 aliphatic rings. The van der Waals surface area contributed by atoms with Crippen molar-refractivity contribution in [3.63, 3.8) is 0 Å². The second-order valence-corrected chi connectivity index (χ2v) is 14.3. The van der Waals surface area contributed by atoms with Crippen molar-refractivity contribution >= 4 is 82.0 Å². The molecule has 1 rings (SSSR count). The minimum absolute atomic E-state index is 0.0885. The fourth-order valence-corrected chi connectivity index (χ4v) is 4.87. The summed E-state index contributed by atoms with van der Waals surface area (Å²) in [5.41, 5.74) is 6.04. The van der Waals surface area contributed by atoms with Crippen LogP contribution < -0.4 is 21.7 Å². The molecule has 1 heterocycles. The van der Waals surface area contributed by atoms with E-state index in [0.717, 1.165) is 21.0 Å². The predicted octanol–water partition coefficient (Wildman–Crippen LogP) is 0.561. The summed E-state index contributed by atoms with van der Waals surface area (Å²) in [5, 5.41) is 7.34. The van der Waals surface area contributed by atoms with Gasteiger partial charge in [0.05, 0.1) is 51.8 Å². The van der Waals surface area contributed by atoms with E-state index in [0.29, 0.717) is 0 Å². The maximum atomic E-state index is 13.9. The Hall–Kier alpha value is -2.61. The van der Waals surface area contributed by atoms with Gasteiger partial charge < -0.3 is 78.5 Å². The van der Waals surface area contributed by atoms with Crippen molar-refractivity contribution in [2.45, 2.75) is 86.6 Å². The Balaban J connectivity index is 3.61. The van der Waals surface area contributed by atoms with E-state index in [1.54, 1.807) is 0 Å². The highest BCUT2D eigenvalue weighted by Crippen LogP contribution is 2.30. The zero-order valence-corrected chi connectivity index (χ0v) is 34.3. The molecule has 0 aromatic carbocycles. The van der Waals surface area contributed by atoms with Crippen molar-refractivity contribution in [2.24, 2.45) is 5.73 Å². The number of methoxy groups -OCH3 is 3. The van der Waals surface area contributed by atoms with E-state index in [9.17, 15) is 24.0 Å². The minimum atomic E-state index is -1.95. The number of halogens is 3. The number of rotatable bonds is 24. The van der Waals surface area contributed by atoms with Crippen molar-refractivity contribution < 1.29 is 80.8 Å². The molecule has 318 valence electrons. The van der Waals surface area contributed by atoms with Gasteiger partial charge in [-0.05, 0) is 13.8 Å². The quantitative estimate of drug-likeness (QED) is 0.0258. The number of hydrogen-bond acceptors (Lipinski definition) is 18. The number of nitrogens with two attached hydrogens (primary N) is 1.